The maximum Gasteiger partial charge on any atom is 2.00 e. The molecule has 0 aliphatic rings. The predicted molar refractivity (Wildman–Crippen MR) is 72.0 cm³/mol. The van der Waals surface area contributed by atoms with E-state index in [1.165, 1.54) is 5.56 Å². The Kier molecular flexibility index (Phi) is 9.74. The van der Waals surface area contributed by atoms with Crippen molar-refractivity contribution in [2.24, 2.45) is 0 Å². The third-order valence-corrected chi connectivity index (χ3v) is 2.10. The second-order valence-electron chi connectivity index (χ2n) is 3.35. The predicted octanol–water partition coefficient (Wildman–Crippen LogP) is 3.71. The summed E-state index contributed by atoms with van der Waals surface area (Å²) in [5.74, 6) is 0. The maximum atomic E-state index is 5.15. The van der Waals surface area contributed by atoms with Crippen LogP contribution in [0.3, 0.4) is 0 Å². The SMILES string of the molecule is CC(=S)OCCc1ccc[cH-]1.[Fe+2].c1cc[cH-]c1. The van der Waals surface area contributed by atoms with Crippen LogP contribution >= 0.6 is 12.2 Å². The molecule has 0 saturated heterocycles. The minimum Gasteiger partial charge on any atom is -0.487 e. The fraction of sp³-hybridized carbons (Fsp3) is 0.214. The molecule has 0 spiro atoms. The van der Waals surface area contributed by atoms with Gasteiger partial charge in [-0.2, -0.15) is 35.9 Å². The van der Waals surface area contributed by atoms with Crippen molar-refractivity contribution in [3.63, 3.8) is 0 Å². The van der Waals surface area contributed by atoms with Crippen LogP contribution in [0.2, 0.25) is 0 Å². The van der Waals surface area contributed by atoms with Crippen molar-refractivity contribution in [1.29, 1.82) is 0 Å². The van der Waals surface area contributed by atoms with Gasteiger partial charge in [-0.05, 0) is 18.6 Å². The summed E-state index contributed by atoms with van der Waals surface area (Å²) in [7, 11) is 0. The smallest absolute Gasteiger partial charge is 0.487 e. The molecule has 0 radical (unpaired) electrons. The van der Waals surface area contributed by atoms with Gasteiger partial charge in [0.15, 0.2) is 5.05 Å². The molecule has 0 N–H and O–H groups in total. The Morgan fingerprint density at radius 2 is 1.94 bits per heavy atom. The topological polar surface area (TPSA) is 9.23 Å². The molecule has 0 amide bonds. The second kappa shape index (κ2) is 10.3. The van der Waals surface area contributed by atoms with Crippen LogP contribution in [0.15, 0.2) is 54.6 Å². The number of hydrogen-bond acceptors (Lipinski definition) is 2. The van der Waals surface area contributed by atoms with Crippen LogP contribution in [-0.4, -0.2) is 11.7 Å². The van der Waals surface area contributed by atoms with Crippen LogP contribution in [0, 0.1) is 0 Å². The monoisotopic (exact) mass is 288 g/mol. The van der Waals surface area contributed by atoms with E-state index in [9.17, 15) is 0 Å². The zero-order valence-electron chi connectivity index (χ0n) is 9.78. The van der Waals surface area contributed by atoms with Gasteiger partial charge in [0.1, 0.15) is 0 Å². The molecule has 17 heavy (non-hydrogen) atoms. The van der Waals surface area contributed by atoms with Crippen molar-refractivity contribution in [1.82, 2.24) is 0 Å². The van der Waals surface area contributed by atoms with Crippen LogP contribution in [-0.2, 0) is 28.2 Å². The Bertz CT molecular complexity index is 348. The summed E-state index contributed by atoms with van der Waals surface area (Å²) < 4.78 is 5.15. The molecule has 0 fully saturated rings. The average Bonchev–Trinajstić information content (AvgIpc) is 2.93. The average molecular weight is 288 g/mol. The van der Waals surface area contributed by atoms with Gasteiger partial charge in [-0.1, -0.05) is 0 Å². The summed E-state index contributed by atoms with van der Waals surface area (Å²) in [6, 6.07) is 18.2. The molecule has 0 atom stereocenters. The first-order valence-corrected chi connectivity index (χ1v) is 5.70. The zero-order chi connectivity index (χ0) is 11.6. The Balaban J connectivity index is 0.000000360. The molecule has 2 aromatic carbocycles. The van der Waals surface area contributed by atoms with E-state index in [1.54, 1.807) is 6.92 Å². The number of thiocarbonyl (C=S) groups is 1. The molecular formula is C14H16FeOS. The first kappa shape index (κ1) is 16.1. The summed E-state index contributed by atoms with van der Waals surface area (Å²) >= 11 is 4.77. The molecule has 2 aromatic rings. The summed E-state index contributed by atoms with van der Waals surface area (Å²) in [6.07, 6.45) is 0.945. The summed E-state index contributed by atoms with van der Waals surface area (Å²) in [4.78, 5) is 0. The molecule has 1 nitrogen and oxygen atoms in total. The molecule has 0 unspecified atom stereocenters. The van der Waals surface area contributed by atoms with E-state index in [0.29, 0.717) is 11.7 Å². The van der Waals surface area contributed by atoms with E-state index in [4.69, 9.17) is 17.0 Å². The number of hydrogen-bond donors (Lipinski definition) is 0. The minimum atomic E-state index is 0. The molecule has 0 heterocycles. The Hall–Kier alpha value is -0.891. The zero-order valence-corrected chi connectivity index (χ0v) is 11.7. The number of rotatable bonds is 3. The van der Waals surface area contributed by atoms with Crippen LogP contribution < -0.4 is 0 Å². The Morgan fingerprint density at radius 3 is 2.35 bits per heavy atom. The fourth-order valence-electron chi connectivity index (χ4n) is 1.21. The molecule has 0 aliphatic carbocycles. The normalized spacial score (nSPS) is 8.53. The molecule has 0 saturated carbocycles. The first-order chi connectivity index (χ1) is 7.79. The molecule has 0 aromatic heterocycles. The molecule has 0 bridgehead atoms. The molecule has 92 valence electrons. The van der Waals surface area contributed by atoms with Gasteiger partial charge in [-0.3, -0.25) is 0 Å². The van der Waals surface area contributed by atoms with Gasteiger partial charge in [-0.25, -0.2) is 24.3 Å². The van der Waals surface area contributed by atoms with Gasteiger partial charge in [0.2, 0.25) is 0 Å². The number of ether oxygens (including phenoxy) is 1. The van der Waals surface area contributed by atoms with Gasteiger partial charge in [0.25, 0.3) is 0 Å². The van der Waals surface area contributed by atoms with Crippen molar-refractivity contribution >= 4 is 17.3 Å². The van der Waals surface area contributed by atoms with Gasteiger partial charge >= 0.3 is 17.1 Å². The summed E-state index contributed by atoms with van der Waals surface area (Å²) in [5.41, 5.74) is 1.31. The van der Waals surface area contributed by atoms with Crippen molar-refractivity contribution in [2.75, 3.05) is 6.61 Å². The summed E-state index contributed by atoms with van der Waals surface area (Å²) in [6.45, 7) is 2.49. The Labute approximate surface area is 119 Å². The summed E-state index contributed by atoms with van der Waals surface area (Å²) in [5, 5.41) is 0.622. The van der Waals surface area contributed by atoms with Gasteiger partial charge in [0.05, 0.1) is 6.61 Å². The van der Waals surface area contributed by atoms with E-state index >= 15 is 0 Å². The quantitative estimate of drug-likeness (QED) is 0.483. The first-order valence-electron chi connectivity index (χ1n) is 5.29. The van der Waals surface area contributed by atoms with Gasteiger partial charge in [0, 0.05) is 6.92 Å². The third kappa shape index (κ3) is 8.87. The Morgan fingerprint density at radius 1 is 1.24 bits per heavy atom. The van der Waals surface area contributed by atoms with E-state index in [0.717, 1.165) is 6.42 Å². The van der Waals surface area contributed by atoms with E-state index in [2.05, 4.69) is 12.1 Å². The molecular weight excluding hydrogens is 272 g/mol. The van der Waals surface area contributed by atoms with Crippen molar-refractivity contribution in [2.45, 2.75) is 13.3 Å². The standard InChI is InChI=1S/C9H11OS.C5H5.Fe/c1-8(11)10-7-6-9-4-2-3-5-9;1-2-4-5-3-1;/h2-5H,6-7H2,1H3;1-5H;/q2*-1;+2. The van der Waals surface area contributed by atoms with Gasteiger partial charge in [-0.15, -0.1) is 0 Å². The van der Waals surface area contributed by atoms with Crippen molar-refractivity contribution < 1.29 is 21.8 Å². The van der Waals surface area contributed by atoms with E-state index in [1.807, 2.05) is 42.5 Å². The van der Waals surface area contributed by atoms with E-state index in [-0.39, 0.29) is 17.1 Å². The molecule has 3 heteroatoms. The fourth-order valence-corrected chi connectivity index (χ4v) is 1.30. The van der Waals surface area contributed by atoms with Crippen LogP contribution in [0.25, 0.3) is 0 Å². The second-order valence-corrected chi connectivity index (χ2v) is 3.92. The maximum absolute atomic E-state index is 5.15. The van der Waals surface area contributed by atoms with Crippen LogP contribution in [0.4, 0.5) is 0 Å². The van der Waals surface area contributed by atoms with Gasteiger partial charge < -0.3 is 4.74 Å². The third-order valence-electron chi connectivity index (χ3n) is 1.98. The van der Waals surface area contributed by atoms with E-state index < -0.39 is 0 Å². The minimum absolute atomic E-state index is 0. The van der Waals surface area contributed by atoms with Crippen LogP contribution in [0.5, 0.6) is 0 Å². The molecule has 2 rings (SSSR count). The molecule has 0 aliphatic heterocycles. The van der Waals surface area contributed by atoms with Crippen molar-refractivity contribution in [3.05, 3.63) is 60.2 Å². The largest absolute Gasteiger partial charge is 2.00 e. The van der Waals surface area contributed by atoms with Crippen molar-refractivity contribution in [3.8, 4) is 0 Å². The van der Waals surface area contributed by atoms with Crippen LogP contribution in [0.1, 0.15) is 12.5 Å².